The maximum atomic E-state index is 11.8. The molecule has 0 aliphatic rings. The fraction of sp³-hybridized carbons (Fsp3) is 0.333. The quantitative estimate of drug-likeness (QED) is 0.630. The molecule has 0 radical (unpaired) electrons. The van der Waals surface area contributed by atoms with Gasteiger partial charge in [0.05, 0.1) is 6.10 Å². The van der Waals surface area contributed by atoms with Gasteiger partial charge in [-0.3, -0.25) is 4.90 Å². The Morgan fingerprint density at radius 2 is 2.00 bits per heavy atom. The molecular weight excluding hydrogens is 252 g/mol. The molecule has 0 saturated heterocycles. The Labute approximate surface area is 110 Å². The number of aliphatic hydroxyl groups is 1. The highest BCUT2D eigenvalue weighted by Gasteiger charge is 2.26. The van der Waals surface area contributed by atoms with Crippen LogP contribution in [-0.2, 0) is 4.79 Å². The van der Waals surface area contributed by atoms with Crippen LogP contribution in [0.25, 0.3) is 0 Å². The number of amides is 2. The predicted octanol–water partition coefficient (Wildman–Crippen LogP) is 0.372. The zero-order valence-electron chi connectivity index (χ0n) is 10.6. The Morgan fingerprint density at radius 1 is 1.37 bits per heavy atom. The summed E-state index contributed by atoms with van der Waals surface area (Å²) < 4.78 is 0. The van der Waals surface area contributed by atoms with Crippen molar-refractivity contribution >= 4 is 17.7 Å². The summed E-state index contributed by atoms with van der Waals surface area (Å²) in [5.74, 6) is -1.34. The van der Waals surface area contributed by atoms with Crippen molar-refractivity contribution < 1.29 is 24.9 Å². The third-order valence-corrected chi connectivity index (χ3v) is 2.55. The fourth-order valence-electron chi connectivity index (χ4n) is 1.44. The lowest BCUT2D eigenvalue weighted by atomic mass is 10.2. The van der Waals surface area contributed by atoms with Crippen LogP contribution in [0.1, 0.15) is 6.92 Å². The van der Waals surface area contributed by atoms with Crippen molar-refractivity contribution in [1.29, 1.82) is 0 Å². The number of nitrogens with one attached hydrogen (secondary N) is 1. The molecule has 0 bridgehead atoms. The summed E-state index contributed by atoms with van der Waals surface area (Å²) in [6, 6.07) is 3.85. The van der Waals surface area contributed by atoms with Crippen LogP contribution < -0.4 is 10.2 Å². The largest absolute Gasteiger partial charge is 0.508 e. The van der Waals surface area contributed by atoms with Crippen LogP contribution in [0.3, 0.4) is 0 Å². The summed E-state index contributed by atoms with van der Waals surface area (Å²) in [4.78, 5) is 23.8. The van der Waals surface area contributed by atoms with Gasteiger partial charge in [-0.25, -0.2) is 9.59 Å². The minimum Gasteiger partial charge on any atom is -0.508 e. The van der Waals surface area contributed by atoms with Crippen molar-refractivity contribution in [3.05, 3.63) is 24.3 Å². The number of anilines is 1. The Bertz CT molecular complexity index is 475. The molecule has 104 valence electrons. The average Bonchev–Trinajstić information content (AvgIpc) is 2.33. The molecule has 19 heavy (non-hydrogen) atoms. The second kappa shape index (κ2) is 6.05. The number of carboxylic acids is 1. The van der Waals surface area contributed by atoms with Crippen LogP contribution in [0.15, 0.2) is 24.3 Å². The van der Waals surface area contributed by atoms with Crippen LogP contribution in [-0.4, -0.2) is 46.5 Å². The van der Waals surface area contributed by atoms with Crippen LogP contribution in [0, 0.1) is 0 Å². The molecule has 4 N–H and O–H groups in total. The number of benzene rings is 1. The van der Waals surface area contributed by atoms with Gasteiger partial charge in [0.2, 0.25) is 0 Å². The summed E-state index contributed by atoms with van der Waals surface area (Å²) in [6.07, 6.45) is -1.22. The van der Waals surface area contributed by atoms with Crippen molar-refractivity contribution in [3.8, 4) is 5.75 Å². The van der Waals surface area contributed by atoms with E-state index in [2.05, 4.69) is 5.32 Å². The van der Waals surface area contributed by atoms with Crippen LogP contribution in [0.4, 0.5) is 10.5 Å². The van der Waals surface area contributed by atoms with Crippen LogP contribution in [0.2, 0.25) is 0 Å². The van der Waals surface area contributed by atoms with E-state index < -0.39 is 24.1 Å². The number of nitrogens with zero attached hydrogens (tertiary/aromatic N) is 1. The van der Waals surface area contributed by atoms with Gasteiger partial charge in [0.25, 0.3) is 0 Å². The normalized spacial score (nSPS) is 13.4. The third-order valence-electron chi connectivity index (χ3n) is 2.55. The van der Waals surface area contributed by atoms with Crippen LogP contribution in [0.5, 0.6) is 5.75 Å². The zero-order valence-corrected chi connectivity index (χ0v) is 10.6. The molecule has 1 rings (SSSR count). The Hall–Kier alpha value is -2.28. The average molecular weight is 268 g/mol. The SMILES string of the molecule is C[C@@H](O)[C@H](NC(=O)N(C)c1cccc(O)c1)C(=O)O. The van der Waals surface area contributed by atoms with E-state index in [1.165, 1.54) is 26.1 Å². The van der Waals surface area contributed by atoms with Crippen molar-refractivity contribution in [1.82, 2.24) is 5.32 Å². The van der Waals surface area contributed by atoms with Gasteiger partial charge in [-0.05, 0) is 19.1 Å². The number of rotatable bonds is 4. The number of phenolic OH excluding ortho intramolecular Hbond substituents is 1. The molecule has 7 heteroatoms. The second-order valence-corrected chi connectivity index (χ2v) is 4.08. The lowest BCUT2D eigenvalue weighted by Crippen LogP contribution is -2.51. The van der Waals surface area contributed by atoms with E-state index in [1.807, 2.05) is 0 Å². The number of carboxylic acid groups (broad SMARTS) is 1. The van der Waals surface area contributed by atoms with E-state index in [1.54, 1.807) is 12.1 Å². The first-order valence-electron chi connectivity index (χ1n) is 5.57. The number of hydrogen-bond acceptors (Lipinski definition) is 4. The zero-order chi connectivity index (χ0) is 14.6. The number of aromatic hydroxyl groups is 1. The Balaban J connectivity index is 2.80. The molecule has 0 saturated carbocycles. The fourth-order valence-corrected chi connectivity index (χ4v) is 1.44. The molecule has 1 aromatic rings. The van der Waals surface area contributed by atoms with Gasteiger partial charge < -0.3 is 20.6 Å². The third kappa shape index (κ3) is 3.85. The maximum absolute atomic E-state index is 11.8. The summed E-state index contributed by atoms with van der Waals surface area (Å²) in [7, 11) is 1.42. The summed E-state index contributed by atoms with van der Waals surface area (Å²) in [5, 5.41) is 29.6. The second-order valence-electron chi connectivity index (χ2n) is 4.08. The lowest BCUT2D eigenvalue weighted by Gasteiger charge is -2.22. The molecule has 0 unspecified atom stereocenters. The Morgan fingerprint density at radius 3 is 2.47 bits per heavy atom. The Kier molecular flexibility index (Phi) is 4.71. The maximum Gasteiger partial charge on any atom is 0.328 e. The summed E-state index contributed by atoms with van der Waals surface area (Å²) >= 11 is 0. The molecule has 1 aromatic carbocycles. The molecule has 0 spiro atoms. The lowest BCUT2D eigenvalue weighted by molar-refractivity contribution is -0.141. The van der Waals surface area contributed by atoms with Gasteiger partial charge in [-0.2, -0.15) is 0 Å². The highest BCUT2D eigenvalue weighted by molar-refractivity contribution is 5.94. The molecule has 0 heterocycles. The first-order chi connectivity index (χ1) is 8.82. The first-order valence-corrected chi connectivity index (χ1v) is 5.57. The van der Waals surface area contributed by atoms with Crippen molar-refractivity contribution in [2.24, 2.45) is 0 Å². The molecular formula is C12H16N2O5. The molecule has 2 amide bonds. The molecule has 0 aromatic heterocycles. The first kappa shape index (κ1) is 14.8. The minimum atomic E-state index is -1.40. The van der Waals surface area contributed by atoms with Crippen molar-refractivity contribution in [2.75, 3.05) is 11.9 Å². The van der Waals surface area contributed by atoms with E-state index in [0.29, 0.717) is 5.69 Å². The van der Waals surface area contributed by atoms with Gasteiger partial charge >= 0.3 is 12.0 Å². The van der Waals surface area contributed by atoms with E-state index in [-0.39, 0.29) is 5.75 Å². The highest BCUT2D eigenvalue weighted by atomic mass is 16.4. The molecule has 0 aliphatic heterocycles. The molecule has 7 nitrogen and oxygen atoms in total. The van der Waals surface area contributed by atoms with Crippen LogP contribution >= 0.6 is 0 Å². The van der Waals surface area contributed by atoms with Gasteiger partial charge in [0.15, 0.2) is 6.04 Å². The van der Waals surface area contributed by atoms with Crippen molar-refractivity contribution in [3.63, 3.8) is 0 Å². The monoisotopic (exact) mass is 268 g/mol. The predicted molar refractivity (Wildman–Crippen MR) is 68.1 cm³/mol. The topological polar surface area (TPSA) is 110 Å². The number of aliphatic carboxylic acids is 1. The van der Waals surface area contributed by atoms with E-state index in [4.69, 9.17) is 5.11 Å². The summed E-state index contributed by atoms with van der Waals surface area (Å²) in [6.45, 7) is 1.27. The standard InChI is InChI=1S/C12H16N2O5/c1-7(15)10(11(17)18)13-12(19)14(2)8-4-3-5-9(16)6-8/h3-7,10,15-16H,1-2H3,(H,13,19)(H,17,18)/t7-,10+/m1/s1. The van der Waals surface area contributed by atoms with Gasteiger partial charge in [0.1, 0.15) is 5.75 Å². The number of hydrogen-bond donors (Lipinski definition) is 4. The number of carbonyl (C=O) groups excluding carboxylic acids is 1. The number of carbonyl (C=O) groups is 2. The molecule has 2 atom stereocenters. The van der Waals surface area contributed by atoms with E-state index >= 15 is 0 Å². The van der Waals surface area contributed by atoms with E-state index in [9.17, 15) is 19.8 Å². The number of aliphatic hydroxyl groups excluding tert-OH is 1. The van der Waals surface area contributed by atoms with Gasteiger partial charge in [0, 0.05) is 18.8 Å². The number of phenols is 1. The smallest absolute Gasteiger partial charge is 0.328 e. The van der Waals surface area contributed by atoms with Gasteiger partial charge in [-0.1, -0.05) is 6.07 Å². The minimum absolute atomic E-state index is 0.0116. The van der Waals surface area contributed by atoms with Gasteiger partial charge in [-0.15, -0.1) is 0 Å². The number of urea groups is 1. The molecule has 0 aliphatic carbocycles. The highest BCUT2D eigenvalue weighted by Crippen LogP contribution is 2.18. The van der Waals surface area contributed by atoms with Crippen molar-refractivity contribution in [2.45, 2.75) is 19.1 Å². The molecule has 0 fully saturated rings. The summed E-state index contributed by atoms with van der Waals surface area (Å²) in [5.41, 5.74) is 0.396. The van der Waals surface area contributed by atoms with E-state index in [0.717, 1.165) is 4.90 Å².